The minimum atomic E-state index is -0.741. The van der Waals surface area contributed by atoms with Crippen molar-refractivity contribution >= 4 is 11.4 Å². The molecule has 1 aliphatic rings. The number of hydrogen-bond donors (Lipinski definition) is 4. The summed E-state index contributed by atoms with van der Waals surface area (Å²) >= 11 is 0. The second-order valence-electron chi connectivity index (χ2n) is 4.53. The maximum atomic E-state index is 9.71. The van der Waals surface area contributed by atoms with E-state index in [1.807, 2.05) is 11.0 Å². The summed E-state index contributed by atoms with van der Waals surface area (Å²) in [6.07, 6.45) is -2.12. The molecule has 1 fully saturated rings. The van der Waals surface area contributed by atoms with Crippen molar-refractivity contribution in [1.29, 1.82) is 0 Å². The van der Waals surface area contributed by atoms with Crippen LogP contribution < -0.4 is 10.6 Å². The third-order valence-corrected chi connectivity index (χ3v) is 3.10. The molecule has 3 atom stereocenters. The van der Waals surface area contributed by atoms with Crippen molar-refractivity contribution in [2.45, 2.75) is 25.2 Å². The van der Waals surface area contributed by atoms with Gasteiger partial charge in [0.15, 0.2) is 0 Å². The molecule has 0 saturated carbocycles. The van der Waals surface area contributed by atoms with Gasteiger partial charge >= 0.3 is 0 Å². The largest absolute Gasteiger partial charge is 0.399 e. The molecular formula is C12H18N2O3. The first-order valence-electron chi connectivity index (χ1n) is 5.67. The molecule has 17 heavy (non-hydrogen) atoms. The van der Waals surface area contributed by atoms with Crippen LogP contribution in [0.25, 0.3) is 0 Å². The molecule has 5 heteroatoms. The van der Waals surface area contributed by atoms with Crippen molar-refractivity contribution in [3.63, 3.8) is 0 Å². The summed E-state index contributed by atoms with van der Waals surface area (Å²) in [6, 6.07) is 5.28. The molecule has 1 aromatic rings. The maximum absolute atomic E-state index is 9.71. The van der Waals surface area contributed by atoms with Crippen LogP contribution in [0.3, 0.4) is 0 Å². The van der Waals surface area contributed by atoms with Crippen LogP contribution in [0, 0.1) is 0 Å². The smallest absolute Gasteiger partial charge is 0.0990 e. The van der Waals surface area contributed by atoms with Gasteiger partial charge in [0, 0.05) is 30.0 Å². The van der Waals surface area contributed by atoms with Gasteiger partial charge in [0.2, 0.25) is 0 Å². The molecule has 5 nitrogen and oxygen atoms in total. The number of benzene rings is 1. The maximum Gasteiger partial charge on any atom is 0.0990 e. The van der Waals surface area contributed by atoms with Gasteiger partial charge in [-0.3, -0.25) is 0 Å². The number of aliphatic hydroxyl groups excluding tert-OH is 3. The zero-order chi connectivity index (χ0) is 12.6. The fourth-order valence-electron chi connectivity index (χ4n) is 2.16. The average Bonchev–Trinajstić information content (AvgIpc) is 2.59. The third-order valence-electron chi connectivity index (χ3n) is 3.10. The van der Waals surface area contributed by atoms with Gasteiger partial charge in [-0.1, -0.05) is 0 Å². The van der Waals surface area contributed by atoms with E-state index in [9.17, 15) is 15.3 Å². The Hall–Kier alpha value is -1.30. The highest BCUT2D eigenvalue weighted by Gasteiger charge is 2.31. The number of rotatable bonds is 2. The number of β-amino-alcohol motifs (C(OH)–C–C–N with tert-alkyl or cyclic N) is 2. The number of nitrogens with two attached hydrogens (primary N) is 1. The highest BCUT2D eigenvalue weighted by molar-refractivity contribution is 5.61. The first-order chi connectivity index (χ1) is 7.99. The fourth-order valence-corrected chi connectivity index (χ4v) is 2.16. The van der Waals surface area contributed by atoms with E-state index >= 15 is 0 Å². The van der Waals surface area contributed by atoms with E-state index in [0.29, 0.717) is 24.3 Å². The van der Waals surface area contributed by atoms with Crippen molar-refractivity contribution in [2.24, 2.45) is 0 Å². The van der Waals surface area contributed by atoms with Gasteiger partial charge in [-0.2, -0.15) is 0 Å². The highest BCUT2D eigenvalue weighted by atomic mass is 16.3. The van der Waals surface area contributed by atoms with E-state index in [-0.39, 0.29) is 0 Å². The lowest BCUT2D eigenvalue weighted by Gasteiger charge is -2.23. The molecule has 0 radical (unpaired) electrons. The Bertz CT molecular complexity index is 399. The van der Waals surface area contributed by atoms with Crippen LogP contribution in [-0.2, 0) is 0 Å². The lowest BCUT2D eigenvalue weighted by Crippen LogP contribution is -2.23. The Morgan fingerprint density at radius 3 is 2.41 bits per heavy atom. The molecule has 0 aromatic heterocycles. The number of nitrogens with zero attached hydrogens (tertiary/aromatic N) is 1. The van der Waals surface area contributed by atoms with E-state index in [0.717, 1.165) is 5.69 Å². The van der Waals surface area contributed by atoms with E-state index in [1.54, 1.807) is 19.1 Å². The van der Waals surface area contributed by atoms with Gasteiger partial charge < -0.3 is 26.0 Å². The molecule has 0 amide bonds. The molecule has 94 valence electrons. The van der Waals surface area contributed by atoms with Crippen molar-refractivity contribution in [3.05, 3.63) is 23.8 Å². The quantitative estimate of drug-likeness (QED) is 0.539. The van der Waals surface area contributed by atoms with E-state index in [1.165, 1.54) is 0 Å². The Morgan fingerprint density at radius 2 is 1.88 bits per heavy atom. The number of nitrogen functional groups attached to an aromatic ring is 1. The van der Waals surface area contributed by atoms with Crippen LogP contribution in [-0.4, -0.2) is 40.6 Å². The molecule has 2 rings (SSSR count). The molecule has 1 aliphatic heterocycles. The molecular weight excluding hydrogens is 220 g/mol. The molecule has 0 spiro atoms. The van der Waals surface area contributed by atoms with Crippen LogP contribution in [0.2, 0.25) is 0 Å². The second-order valence-corrected chi connectivity index (χ2v) is 4.53. The molecule has 5 N–H and O–H groups in total. The first kappa shape index (κ1) is 12.2. The Kier molecular flexibility index (Phi) is 3.24. The van der Waals surface area contributed by atoms with Crippen molar-refractivity contribution in [3.8, 4) is 0 Å². The van der Waals surface area contributed by atoms with Gasteiger partial charge in [0.05, 0.1) is 18.3 Å². The van der Waals surface area contributed by atoms with E-state index in [4.69, 9.17) is 5.73 Å². The summed E-state index contributed by atoms with van der Waals surface area (Å²) in [4.78, 5) is 1.86. The molecule has 1 aromatic carbocycles. The van der Waals surface area contributed by atoms with Gasteiger partial charge in [0.1, 0.15) is 0 Å². The zero-order valence-corrected chi connectivity index (χ0v) is 9.74. The third kappa shape index (κ3) is 2.36. The minimum Gasteiger partial charge on any atom is -0.399 e. The molecule has 1 saturated heterocycles. The predicted octanol–water partition coefficient (Wildman–Crippen LogP) is -0.136. The normalized spacial score (nSPS) is 26.2. The number of anilines is 2. The number of hydrogen-bond acceptors (Lipinski definition) is 5. The lowest BCUT2D eigenvalue weighted by atomic mass is 10.1. The monoisotopic (exact) mass is 238 g/mol. The highest BCUT2D eigenvalue weighted by Crippen LogP contribution is 2.30. The minimum absolute atomic E-state index is 0.366. The van der Waals surface area contributed by atoms with Crippen molar-refractivity contribution in [2.75, 3.05) is 23.7 Å². The first-order valence-corrected chi connectivity index (χ1v) is 5.67. The number of aliphatic hydroxyl groups is 3. The summed E-state index contributed by atoms with van der Waals surface area (Å²) in [7, 11) is 0. The predicted molar refractivity (Wildman–Crippen MR) is 65.7 cm³/mol. The van der Waals surface area contributed by atoms with Gasteiger partial charge in [-0.15, -0.1) is 0 Å². The van der Waals surface area contributed by atoms with Crippen LogP contribution in [0.4, 0.5) is 11.4 Å². The Balaban J connectivity index is 2.32. The molecule has 0 bridgehead atoms. The second kappa shape index (κ2) is 4.52. The van der Waals surface area contributed by atoms with Crippen LogP contribution in [0.5, 0.6) is 0 Å². The van der Waals surface area contributed by atoms with Crippen molar-refractivity contribution in [1.82, 2.24) is 0 Å². The van der Waals surface area contributed by atoms with Crippen LogP contribution in [0.15, 0.2) is 18.2 Å². The summed E-state index contributed by atoms with van der Waals surface area (Å²) in [5.74, 6) is 0. The Labute approximate surface area is 100 Å². The topological polar surface area (TPSA) is 90.0 Å². The molecule has 0 aliphatic carbocycles. The molecule has 1 heterocycles. The van der Waals surface area contributed by atoms with E-state index < -0.39 is 18.3 Å². The van der Waals surface area contributed by atoms with Crippen LogP contribution in [0.1, 0.15) is 18.6 Å². The summed E-state index contributed by atoms with van der Waals surface area (Å²) < 4.78 is 0. The standard InChI is InChI=1S/C12H18N2O3/c1-7(15)9-4-8(13)2-3-10(9)14-5-11(16)12(17)6-14/h2-4,7,11-12,15-17H,5-6,13H2,1H3. The van der Waals surface area contributed by atoms with Gasteiger partial charge in [-0.05, 0) is 25.1 Å². The summed E-state index contributed by atoms with van der Waals surface area (Å²) in [6.45, 7) is 2.40. The SMILES string of the molecule is CC(O)c1cc(N)ccc1N1CC(O)C(O)C1. The Morgan fingerprint density at radius 1 is 1.29 bits per heavy atom. The van der Waals surface area contributed by atoms with Crippen LogP contribution >= 0.6 is 0 Å². The summed E-state index contributed by atoms with van der Waals surface area (Å²) in [5, 5.41) is 28.8. The zero-order valence-electron chi connectivity index (χ0n) is 9.74. The fraction of sp³-hybridized carbons (Fsp3) is 0.500. The van der Waals surface area contributed by atoms with Gasteiger partial charge in [-0.25, -0.2) is 0 Å². The average molecular weight is 238 g/mol. The summed E-state index contributed by atoms with van der Waals surface area (Å²) in [5.41, 5.74) is 7.80. The molecule has 3 unspecified atom stereocenters. The van der Waals surface area contributed by atoms with Gasteiger partial charge in [0.25, 0.3) is 0 Å². The lowest BCUT2D eigenvalue weighted by molar-refractivity contribution is 0.0572. The van der Waals surface area contributed by atoms with E-state index in [2.05, 4.69) is 0 Å². The van der Waals surface area contributed by atoms with Crippen molar-refractivity contribution < 1.29 is 15.3 Å².